The minimum atomic E-state index is 0.288. The molecular formula is C13H17BrO3. The van der Waals surface area contributed by atoms with E-state index in [1.54, 1.807) is 21.3 Å². The lowest BCUT2D eigenvalue weighted by molar-refractivity contribution is 0.345. The van der Waals surface area contributed by atoms with Crippen molar-refractivity contribution in [3.8, 4) is 17.2 Å². The highest BCUT2D eigenvalue weighted by Gasteiger charge is 2.34. The number of halogens is 1. The molecule has 0 saturated heterocycles. The van der Waals surface area contributed by atoms with Crippen LogP contribution in [0, 0.1) is 5.92 Å². The van der Waals surface area contributed by atoms with Crippen LogP contribution in [-0.4, -0.2) is 21.3 Å². The van der Waals surface area contributed by atoms with Crippen LogP contribution in [0.3, 0.4) is 0 Å². The Labute approximate surface area is 110 Å². The Morgan fingerprint density at radius 2 is 1.76 bits per heavy atom. The van der Waals surface area contributed by atoms with Crippen LogP contribution >= 0.6 is 15.9 Å². The summed E-state index contributed by atoms with van der Waals surface area (Å²) in [5, 5.41) is 0. The number of benzene rings is 1. The topological polar surface area (TPSA) is 27.7 Å². The summed E-state index contributed by atoms with van der Waals surface area (Å²) < 4.78 is 16.3. The molecule has 1 aliphatic rings. The molecule has 0 saturated carbocycles. The Hall–Kier alpha value is -0.900. The Bertz CT molecular complexity index is 431. The van der Waals surface area contributed by atoms with Crippen molar-refractivity contribution in [2.45, 2.75) is 18.2 Å². The molecule has 3 nitrogen and oxygen atoms in total. The van der Waals surface area contributed by atoms with Crippen molar-refractivity contribution in [2.75, 3.05) is 21.3 Å². The molecular weight excluding hydrogens is 284 g/mol. The smallest absolute Gasteiger partial charge is 0.165 e. The van der Waals surface area contributed by atoms with E-state index in [1.807, 2.05) is 6.07 Å². The van der Waals surface area contributed by atoms with E-state index < -0.39 is 0 Å². The number of rotatable bonds is 3. The first kappa shape index (κ1) is 12.6. The molecule has 0 bridgehead atoms. The molecule has 0 heterocycles. The lowest BCUT2D eigenvalue weighted by Crippen LogP contribution is -2.00. The SMILES string of the molecule is COc1cc(OC)c(OC)c2c1CC(C)C2Br. The third-order valence-corrected chi connectivity index (χ3v) is 4.66. The van der Waals surface area contributed by atoms with Gasteiger partial charge in [0.15, 0.2) is 11.5 Å². The van der Waals surface area contributed by atoms with Crippen molar-refractivity contribution in [2.24, 2.45) is 5.92 Å². The predicted octanol–water partition coefficient (Wildman–Crippen LogP) is 3.34. The summed E-state index contributed by atoms with van der Waals surface area (Å²) >= 11 is 3.73. The maximum absolute atomic E-state index is 5.49. The standard InChI is InChI=1S/C13H17BrO3/c1-7-5-8-9(15-2)6-10(16-3)13(17-4)11(8)12(7)14/h6-7,12H,5H2,1-4H3. The second kappa shape index (κ2) is 4.77. The lowest BCUT2D eigenvalue weighted by atomic mass is 10.1. The minimum absolute atomic E-state index is 0.288. The van der Waals surface area contributed by atoms with Gasteiger partial charge in [0.2, 0.25) is 0 Å². The van der Waals surface area contributed by atoms with E-state index in [2.05, 4.69) is 22.9 Å². The molecule has 0 fully saturated rings. The Morgan fingerprint density at radius 1 is 1.12 bits per heavy atom. The average Bonchev–Trinajstić information content (AvgIpc) is 2.64. The molecule has 0 spiro atoms. The van der Waals surface area contributed by atoms with Crippen LogP contribution in [0.15, 0.2) is 6.07 Å². The number of hydrogen-bond acceptors (Lipinski definition) is 3. The van der Waals surface area contributed by atoms with Crippen LogP contribution in [0.2, 0.25) is 0 Å². The number of fused-ring (bicyclic) bond motifs is 1. The third kappa shape index (κ3) is 1.88. The summed E-state index contributed by atoms with van der Waals surface area (Å²) in [4.78, 5) is 0.288. The number of ether oxygens (including phenoxy) is 3. The number of hydrogen-bond donors (Lipinski definition) is 0. The van der Waals surface area contributed by atoms with Crippen molar-refractivity contribution in [3.63, 3.8) is 0 Å². The van der Waals surface area contributed by atoms with Crippen LogP contribution in [-0.2, 0) is 6.42 Å². The molecule has 2 unspecified atom stereocenters. The van der Waals surface area contributed by atoms with E-state index in [4.69, 9.17) is 14.2 Å². The van der Waals surface area contributed by atoms with E-state index in [-0.39, 0.29) is 4.83 Å². The van der Waals surface area contributed by atoms with E-state index in [9.17, 15) is 0 Å². The zero-order chi connectivity index (χ0) is 12.6. The van der Waals surface area contributed by atoms with Gasteiger partial charge in [-0.1, -0.05) is 22.9 Å². The molecule has 4 heteroatoms. The van der Waals surface area contributed by atoms with Gasteiger partial charge in [-0.25, -0.2) is 0 Å². The van der Waals surface area contributed by atoms with Crippen LogP contribution < -0.4 is 14.2 Å². The highest BCUT2D eigenvalue weighted by Crippen LogP contribution is 2.53. The van der Waals surface area contributed by atoms with Gasteiger partial charge in [-0.15, -0.1) is 0 Å². The molecule has 0 radical (unpaired) electrons. The van der Waals surface area contributed by atoms with Crippen molar-refractivity contribution < 1.29 is 14.2 Å². The summed E-state index contributed by atoms with van der Waals surface area (Å²) in [6.45, 7) is 2.21. The normalized spacial score (nSPS) is 22.2. The first-order valence-corrected chi connectivity index (χ1v) is 6.51. The van der Waals surface area contributed by atoms with E-state index in [0.717, 1.165) is 29.2 Å². The van der Waals surface area contributed by atoms with Gasteiger partial charge in [0.05, 0.1) is 21.3 Å². The van der Waals surface area contributed by atoms with E-state index >= 15 is 0 Å². The van der Waals surface area contributed by atoms with Gasteiger partial charge >= 0.3 is 0 Å². The molecule has 0 aromatic heterocycles. The zero-order valence-electron chi connectivity index (χ0n) is 10.5. The monoisotopic (exact) mass is 300 g/mol. The lowest BCUT2D eigenvalue weighted by Gasteiger charge is -2.17. The Balaban J connectivity index is 2.66. The Morgan fingerprint density at radius 3 is 2.29 bits per heavy atom. The minimum Gasteiger partial charge on any atom is -0.496 e. The van der Waals surface area contributed by atoms with Gasteiger partial charge in [0, 0.05) is 22.0 Å². The molecule has 17 heavy (non-hydrogen) atoms. The number of methoxy groups -OCH3 is 3. The molecule has 2 rings (SSSR count). The van der Waals surface area contributed by atoms with Gasteiger partial charge in [-0.2, -0.15) is 0 Å². The summed E-state index contributed by atoms with van der Waals surface area (Å²) in [5.74, 6) is 2.95. The molecule has 0 aliphatic heterocycles. The van der Waals surface area contributed by atoms with E-state index in [0.29, 0.717) is 5.92 Å². The zero-order valence-corrected chi connectivity index (χ0v) is 12.1. The first-order valence-electron chi connectivity index (χ1n) is 5.59. The van der Waals surface area contributed by atoms with Gasteiger partial charge in [0.25, 0.3) is 0 Å². The second-order valence-corrected chi connectivity index (χ2v) is 5.28. The number of alkyl halides is 1. The summed E-state index contributed by atoms with van der Waals surface area (Å²) in [5.41, 5.74) is 2.38. The Kier molecular flexibility index (Phi) is 3.52. The molecule has 0 N–H and O–H groups in total. The highest BCUT2D eigenvalue weighted by atomic mass is 79.9. The predicted molar refractivity (Wildman–Crippen MR) is 70.6 cm³/mol. The highest BCUT2D eigenvalue weighted by molar-refractivity contribution is 9.09. The summed E-state index contributed by atoms with van der Waals surface area (Å²) in [6, 6.07) is 1.90. The van der Waals surface area contributed by atoms with Crippen LogP contribution in [0.4, 0.5) is 0 Å². The first-order chi connectivity index (χ1) is 8.13. The summed E-state index contributed by atoms with van der Waals surface area (Å²) in [6.07, 6.45) is 0.995. The molecule has 1 aromatic carbocycles. The maximum atomic E-state index is 5.49. The molecule has 94 valence electrons. The fraction of sp³-hybridized carbons (Fsp3) is 0.538. The van der Waals surface area contributed by atoms with Crippen molar-refractivity contribution >= 4 is 15.9 Å². The van der Waals surface area contributed by atoms with Gasteiger partial charge in [0.1, 0.15) is 5.75 Å². The molecule has 0 amide bonds. The van der Waals surface area contributed by atoms with Gasteiger partial charge in [-0.3, -0.25) is 0 Å². The van der Waals surface area contributed by atoms with Crippen molar-refractivity contribution in [3.05, 3.63) is 17.2 Å². The quantitative estimate of drug-likeness (QED) is 0.801. The third-order valence-electron chi connectivity index (χ3n) is 3.30. The van der Waals surface area contributed by atoms with Crippen LogP contribution in [0.1, 0.15) is 22.9 Å². The fourth-order valence-electron chi connectivity index (χ4n) is 2.43. The molecule has 1 aliphatic carbocycles. The molecule has 1 aromatic rings. The fourth-order valence-corrected chi connectivity index (χ4v) is 3.10. The van der Waals surface area contributed by atoms with Gasteiger partial charge < -0.3 is 14.2 Å². The summed E-state index contributed by atoms with van der Waals surface area (Å²) in [7, 11) is 5.01. The largest absolute Gasteiger partial charge is 0.496 e. The average molecular weight is 301 g/mol. The van der Waals surface area contributed by atoms with Crippen molar-refractivity contribution in [1.29, 1.82) is 0 Å². The van der Waals surface area contributed by atoms with E-state index in [1.165, 1.54) is 5.56 Å². The van der Waals surface area contributed by atoms with Crippen LogP contribution in [0.5, 0.6) is 17.2 Å². The van der Waals surface area contributed by atoms with Crippen molar-refractivity contribution in [1.82, 2.24) is 0 Å². The van der Waals surface area contributed by atoms with Gasteiger partial charge in [-0.05, 0) is 12.3 Å². The molecule has 2 atom stereocenters. The van der Waals surface area contributed by atoms with Crippen LogP contribution in [0.25, 0.3) is 0 Å². The maximum Gasteiger partial charge on any atom is 0.165 e. The second-order valence-electron chi connectivity index (χ2n) is 4.29.